The van der Waals surface area contributed by atoms with Crippen molar-refractivity contribution in [3.05, 3.63) is 30.1 Å². The minimum Gasteiger partial charge on any atom is -0.477 e. The Bertz CT molecular complexity index is 630. The fraction of sp³-hybridized carbons (Fsp3) is 0.231. The van der Waals surface area contributed by atoms with Gasteiger partial charge in [0, 0.05) is 18.5 Å². The van der Waals surface area contributed by atoms with E-state index in [-0.39, 0.29) is 24.2 Å². The van der Waals surface area contributed by atoms with Gasteiger partial charge in [0.1, 0.15) is 18.1 Å². The third-order valence-corrected chi connectivity index (χ3v) is 2.75. The number of hydrogen-bond acceptors (Lipinski definition) is 4. The zero-order valence-electron chi connectivity index (χ0n) is 10.9. The number of carboxylic acids is 1. The molecule has 1 aromatic rings. The summed E-state index contributed by atoms with van der Waals surface area (Å²) in [6.07, 6.45) is 0.0224. The topological polar surface area (TPSA) is 99.1 Å². The molecular weight excluding hydrogens is 281 g/mol. The molecule has 2 amide bonds. The van der Waals surface area contributed by atoms with Crippen LogP contribution in [0.15, 0.2) is 29.4 Å². The number of halogens is 1. The molecular formula is C13H12FN3O4. The Morgan fingerprint density at radius 2 is 2.14 bits per heavy atom. The molecule has 0 unspecified atom stereocenters. The van der Waals surface area contributed by atoms with E-state index in [1.165, 1.54) is 18.2 Å². The molecule has 0 bridgehead atoms. The van der Waals surface area contributed by atoms with Crippen LogP contribution in [0.5, 0.6) is 0 Å². The van der Waals surface area contributed by atoms with Crippen molar-refractivity contribution in [3.8, 4) is 0 Å². The van der Waals surface area contributed by atoms with Gasteiger partial charge in [-0.2, -0.15) is 5.10 Å². The molecule has 0 fully saturated rings. The van der Waals surface area contributed by atoms with Crippen LogP contribution in [0.25, 0.3) is 0 Å². The number of amides is 2. The van der Waals surface area contributed by atoms with Crippen LogP contribution in [-0.2, 0) is 14.4 Å². The third-order valence-electron chi connectivity index (χ3n) is 2.75. The Morgan fingerprint density at radius 3 is 2.81 bits per heavy atom. The molecule has 0 radical (unpaired) electrons. The van der Waals surface area contributed by atoms with Crippen molar-refractivity contribution < 1.29 is 23.9 Å². The number of hydrogen-bond donors (Lipinski definition) is 2. The number of hydrazone groups is 1. The van der Waals surface area contributed by atoms with Gasteiger partial charge in [0.15, 0.2) is 0 Å². The predicted octanol–water partition coefficient (Wildman–Crippen LogP) is 0.827. The van der Waals surface area contributed by atoms with Gasteiger partial charge in [-0.1, -0.05) is 6.07 Å². The Kier molecular flexibility index (Phi) is 4.27. The lowest BCUT2D eigenvalue weighted by Crippen LogP contribution is -2.39. The van der Waals surface area contributed by atoms with E-state index < -0.39 is 30.1 Å². The summed E-state index contributed by atoms with van der Waals surface area (Å²) in [5, 5.41) is 15.7. The number of anilines is 1. The molecule has 1 aromatic carbocycles. The van der Waals surface area contributed by atoms with E-state index in [4.69, 9.17) is 5.11 Å². The van der Waals surface area contributed by atoms with Crippen LogP contribution < -0.4 is 5.32 Å². The molecule has 21 heavy (non-hydrogen) atoms. The third kappa shape index (κ3) is 3.85. The van der Waals surface area contributed by atoms with Crippen molar-refractivity contribution in [2.45, 2.75) is 12.8 Å². The molecule has 2 N–H and O–H groups in total. The molecule has 0 aliphatic carbocycles. The standard InChI is InChI=1S/C13H12FN3O4/c14-8-2-1-3-9(6-8)15-11(18)7-17-12(19)5-4-10(16-17)13(20)21/h1-3,6H,4-5,7H2,(H,15,18)(H,20,21). The first-order chi connectivity index (χ1) is 9.95. The summed E-state index contributed by atoms with van der Waals surface area (Å²) in [5.74, 6) is -2.76. The number of benzene rings is 1. The summed E-state index contributed by atoms with van der Waals surface area (Å²) in [5.41, 5.74) is 0.0695. The minimum absolute atomic E-state index is 0.0155. The van der Waals surface area contributed by atoms with Crippen molar-refractivity contribution in [1.29, 1.82) is 0 Å². The average Bonchev–Trinajstić information content (AvgIpc) is 2.41. The largest absolute Gasteiger partial charge is 0.477 e. The van der Waals surface area contributed by atoms with Crippen molar-refractivity contribution in [2.24, 2.45) is 5.10 Å². The van der Waals surface area contributed by atoms with Crippen LogP contribution in [0.3, 0.4) is 0 Å². The van der Waals surface area contributed by atoms with Gasteiger partial charge in [-0.05, 0) is 18.2 Å². The van der Waals surface area contributed by atoms with Crippen molar-refractivity contribution in [3.63, 3.8) is 0 Å². The first kappa shape index (κ1) is 14.6. The lowest BCUT2D eigenvalue weighted by atomic mass is 10.2. The van der Waals surface area contributed by atoms with E-state index in [1.54, 1.807) is 0 Å². The highest BCUT2D eigenvalue weighted by Gasteiger charge is 2.25. The van der Waals surface area contributed by atoms with E-state index in [2.05, 4.69) is 10.4 Å². The first-order valence-electron chi connectivity index (χ1n) is 6.12. The molecule has 1 heterocycles. The molecule has 110 valence electrons. The summed E-state index contributed by atoms with van der Waals surface area (Å²) < 4.78 is 13.0. The summed E-state index contributed by atoms with van der Waals surface area (Å²) in [6.45, 7) is -0.424. The number of rotatable bonds is 4. The number of carbonyl (C=O) groups is 3. The van der Waals surface area contributed by atoms with Gasteiger partial charge < -0.3 is 10.4 Å². The number of nitrogens with one attached hydrogen (secondary N) is 1. The van der Waals surface area contributed by atoms with E-state index in [1.807, 2.05) is 0 Å². The molecule has 0 aromatic heterocycles. The van der Waals surface area contributed by atoms with Crippen LogP contribution in [0.2, 0.25) is 0 Å². The lowest BCUT2D eigenvalue weighted by molar-refractivity contribution is -0.136. The number of aliphatic carboxylic acids is 1. The molecule has 1 aliphatic heterocycles. The van der Waals surface area contributed by atoms with Gasteiger partial charge in [0.2, 0.25) is 11.8 Å². The normalized spacial score (nSPS) is 14.6. The van der Waals surface area contributed by atoms with Crippen LogP contribution in [0, 0.1) is 5.82 Å². The summed E-state index contributed by atoms with van der Waals surface area (Å²) >= 11 is 0. The molecule has 0 atom stereocenters. The van der Waals surface area contributed by atoms with Gasteiger partial charge in [0.05, 0.1) is 0 Å². The van der Waals surface area contributed by atoms with Gasteiger partial charge in [-0.3, -0.25) is 9.59 Å². The summed E-state index contributed by atoms with van der Waals surface area (Å²) in [7, 11) is 0. The second-order valence-electron chi connectivity index (χ2n) is 4.36. The number of nitrogens with zero attached hydrogens (tertiary/aromatic N) is 2. The SMILES string of the molecule is O=C(CN1N=C(C(=O)O)CCC1=O)Nc1cccc(F)c1. The van der Waals surface area contributed by atoms with E-state index in [0.29, 0.717) is 0 Å². The number of carboxylic acid groups (broad SMARTS) is 1. The molecule has 8 heteroatoms. The molecule has 1 aliphatic rings. The Morgan fingerprint density at radius 1 is 1.38 bits per heavy atom. The van der Waals surface area contributed by atoms with Crippen molar-refractivity contribution >= 4 is 29.2 Å². The molecule has 2 rings (SSSR count). The maximum absolute atomic E-state index is 13.0. The fourth-order valence-corrected chi connectivity index (χ4v) is 1.78. The monoisotopic (exact) mass is 293 g/mol. The van der Waals surface area contributed by atoms with Gasteiger partial charge in [-0.15, -0.1) is 0 Å². The highest BCUT2D eigenvalue weighted by molar-refractivity contribution is 6.36. The predicted molar refractivity (Wildman–Crippen MR) is 71.0 cm³/mol. The molecule has 0 saturated carbocycles. The molecule has 7 nitrogen and oxygen atoms in total. The Balaban J connectivity index is 2.03. The van der Waals surface area contributed by atoms with Crippen LogP contribution in [0.1, 0.15) is 12.8 Å². The van der Waals surface area contributed by atoms with Crippen LogP contribution in [0.4, 0.5) is 10.1 Å². The smallest absolute Gasteiger partial charge is 0.352 e. The minimum atomic E-state index is -1.22. The average molecular weight is 293 g/mol. The summed E-state index contributed by atoms with van der Waals surface area (Å²) in [6, 6.07) is 5.28. The van der Waals surface area contributed by atoms with Crippen LogP contribution >= 0.6 is 0 Å². The quantitative estimate of drug-likeness (QED) is 0.858. The maximum atomic E-state index is 13.0. The Hall–Kier alpha value is -2.77. The second-order valence-corrected chi connectivity index (χ2v) is 4.36. The molecule has 0 spiro atoms. The Labute approximate surface area is 119 Å². The van der Waals surface area contributed by atoms with Crippen LogP contribution in [-0.4, -0.2) is 40.2 Å². The van der Waals surface area contributed by atoms with Gasteiger partial charge in [-0.25, -0.2) is 14.2 Å². The maximum Gasteiger partial charge on any atom is 0.352 e. The zero-order chi connectivity index (χ0) is 15.4. The highest BCUT2D eigenvalue weighted by Crippen LogP contribution is 2.11. The number of carbonyl (C=O) groups excluding carboxylic acids is 2. The van der Waals surface area contributed by atoms with Crippen molar-refractivity contribution in [2.75, 3.05) is 11.9 Å². The summed E-state index contributed by atoms with van der Waals surface area (Å²) in [4.78, 5) is 34.2. The zero-order valence-corrected chi connectivity index (χ0v) is 10.9. The fourth-order valence-electron chi connectivity index (χ4n) is 1.78. The highest BCUT2D eigenvalue weighted by atomic mass is 19.1. The van der Waals surface area contributed by atoms with Crippen molar-refractivity contribution in [1.82, 2.24) is 5.01 Å². The second kappa shape index (κ2) is 6.12. The van der Waals surface area contributed by atoms with Gasteiger partial charge in [0.25, 0.3) is 0 Å². The first-order valence-corrected chi connectivity index (χ1v) is 6.12. The van der Waals surface area contributed by atoms with E-state index in [0.717, 1.165) is 11.1 Å². The van der Waals surface area contributed by atoms with E-state index in [9.17, 15) is 18.8 Å². The van der Waals surface area contributed by atoms with E-state index >= 15 is 0 Å². The van der Waals surface area contributed by atoms with Gasteiger partial charge >= 0.3 is 5.97 Å². The lowest BCUT2D eigenvalue weighted by Gasteiger charge is -2.21. The molecule has 0 saturated heterocycles.